The molecule has 0 fully saturated rings. The zero-order chi connectivity index (χ0) is 14.6. The molecule has 0 aliphatic carbocycles. The predicted molar refractivity (Wildman–Crippen MR) is 80.3 cm³/mol. The van der Waals surface area contributed by atoms with E-state index in [2.05, 4.69) is 26.1 Å². The molecule has 0 saturated heterocycles. The van der Waals surface area contributed by atoms with Gasteiger partial charge in [0.2, 0.25) is 0 Å². The highest BCUT2D eigenvalue weighted by Gasteiger charge is 2.27. The van der Waals surface area contributed by atoms with E-state index < -0.39 is 9.84 Å². The third kappa shape index (κ3) is 3.57. The van der Waals surface area contributed by atoms with Gasteiger partial charge in [-0.3, -0.25) is 0 Å². The molecule has 1 rings (SSSR count). The van der Waals surface area contributed by atoms with Gasteiger partial charge in [0.25, 0.3) is 0 Å². The Morgan fingerprint density at radius 1 is 1.16 bits per heavy atom. The molecule has 4 heteroatoms. The fourth-order valence-corrected chi connectivity index (χ4v) is 3.74. The van der Waals surface area contributed by atoms with Crippen LogP contribution in [-0.2, 0) is 9.84 Å². The molecule has 2 unspecified atom stereocenters. The van der Waals surface area contributed by atoms with Crippen LogP contribution in [0.5, 0.6) is 0 Å². The molecule has 0 aliphatic rings. The van der Waals surface area contributed by atoms with Crippen molar-refractivity contribution >= 4 is 9.84 Å². The maximum absolute atomic E-state index is 12.2. The van der Waals surface area contributed by atoms with Crippen LogP contribution in [-0.4, -0.2) is 27.3 Å². The Labute approximate surface area is 117 Å². The third-order valence-electron chi connectivity index (χ3n) is 3.71. The summed E-state index contributed by atoms with van der Waals surface area (Å²) in [7, 11) is -1.26. The van der Waals surface area contributed by atoms with Crippen LogP contribution in [0.2, 0.25) is 0 Å². The molecule has 0 radical (unpaired) electrons. The van der Waals surface area contributed by atoms with Crippen LogP contribution < -0.4 is 5.32 Å². The van der Waals surface area contributed by atoms with E-state index in [1.165, 1.54) is 0 Å². The number of sulfone groups is 1. The van der Waals surface area contributed by atoms with E-state index in [1.807, 2.05) is 19.2 Å². The summed E-state index contributed by atoms with van der Waals surface area (Å²) >= 11 is 0. The molecular formula is C15H25NO2S. The Hall–Kier alpha value is -0.870. The van der Waals surface area contributed by atoms with Crippen LogP contribution in [0.4, 0.5) is 0 Å². The number of hydrogen-bond acceptors (Lipinski definition) is 3. The maximum Gasteiger partial charge on any atom is 0.178 e. The smallest absolute Gasteiger partial charge is 0.178 e. The van der Waals surface area contributed by atoms with E-state index in [9.17, 15) is 8.42 Å². The Kier molecular flexibility index (Phi) is 5.56. The monoisotopic (exact) mass is 283 g/mol. The van der Waals surface area contributed by atoms with Crippen LogP contribution >= 0.6 is 0 Å². The quantitative estimate of drug-likeness (QED) is 0.873. The van der Waals surface area contributed by atoms with Crippen LogP contribution in [0.25, 0.3) is 0 Å². The zero-order valence-electron chi connectivity index (χ0n) is 12.5. The number of likely N-dealkylation sites (N-methyl/N-ethyl adjacent to an activating group) is 1. The summed E-state index contributed by atoms with van der Waals surface area (Å²) in [5.74, 6) is 0.696. The Morgan fingerprint density at radius 2 is 1.74 bits per heavy atom. The van der Waals surface area contributed by atoms with Gasteiger partial charge in [-0.05, 0) is 31.5 Å². The fraction of sp³-hybridized carbons (Fsp3) is 0.600. The van der Waals surface area contributed by atoms with Crippen molar-refractivity contribution in [1.29, 1.82) is 0 Å². The second kappa shape index (κ2) is 6.53. The van der Waals surface area contributed by atoms with Gasteiger partial charge in [0.15, 0.2) is 9.84 Å². The summed E-state index contributed by atoms with van der Waals surface area (Å²) in [6.07, 6.45) is 0. The molecule has 3 nitrogen and oxygen atoms in total. The van der Waals surface area contributed by atoms with Gasteiger partial charge in [0, 0.05) is 12.0 Å². The number of hydrogen-bond donors (Lipinski definition) is 1. The molecule has 108 valence electrons. The SMILES string of the molecule is CCS(=O)(=O)c1ccccc1C(C(C)C)C(C)NC. The minimum absolute atomic E-state index is 0.142. The van der Waals surface area contributed by atoms with Crippen molar-refractivity contribution in [2.24, 2.45) is 5.92 Å². The van der Waals surface area contributed by atoms with Gasteiger partial charge >= 0.3 is 0 Å². The first-order valence-corrected chi connectivity index (χ1v) is 8.49. The van der Waals surface area contributed by atoms with Crippen molar-refractivity contribution in [3.8, 4) is 0 Å². The molecular weight excluding hydrogens is 258 g/mol. The van der Waals surface area contributed by atoms with E-state index in [0.717, 1.165) is 5.56 Å². The van der Waals surface area contributed by atoms with Gasteiger partial charge < -0.3 is 5.32 Å². The molecule has 0 aliphatic heterocycles. The molecule has 0 bridgehead atoms. The number of rotatable bonds is 6. The molecule has 1 aromatic carbocycles. The molecule has 1 aromatic rings. The molecule has 1 N–H and O–H groups in total. The van der Waals surface area contributed by atoms with Gasteiger partial charge in [0.1, 0.15) is 0 Å². The molecule has 0 saturated carbocycles. The van der Waals surface area contributed by atoms with Crippen molar-refractivity contribution in [3.63, 3.8) is 0 Å². The third-order valence-corrected chi connectivity index (χ3v) is 5.51. The van der Waals surface area contributed by atoms with Crippen LogP contribution in [0.15, 0.2) is 29.2 Å². The molecule has 0 aromatic heterocycles. The summed E-state index contributed by atoms with van der Waals surface area (Å²) in [5.41, 5.74) is 0.932. The standard InChI is InChI=1S/C15H25NO2S/c1-6-19(17,18)14-10-8-7-9-13(14)15(11(2)3)12(4)16-5/h7-12,15-16H,6H2,1-5H3. The van der Waals surface area contributed by atoms with Gasteiger partial charge in [-0.2, -0.15) is 0 Å². The highest BCUT2D eigenvalue weighted by molar-refractivity contribution is 7.91. The molecule has 0 spiro atoms. The lowest BCUT2D eigenvalue weighted by Crippen LogP contribution is -2.33. The lowest BCUT2D eigenvalue weighted by Gasteiger charge is -2.29. The summed E-state index contributed by atoms with van der Waals surface area (Å²) in [6, 6.07) is 7.62. The highest BCUT2D eigenvalue weighted by atomic mass is 32.2. The Balaban J connectivity index is 3.40. The second-order valence-corrected chi connectivity index (χ2v) is 7.54. The topological polar surface area (TPSA) is 46.2 Å². The van der Waals surface area contributed by atoms with Crippen molar-refractivity contribution in [1.82, 2.24) is 5.32 Å². The summed E-state index contributed by atoms with van der Waals surface area (Å²) < 4.78 is 24.5. The van der Waals surface area contributed by atoms with E-state index >= 15 is 0 Å². The van der Waals surface area contributed by atoms with Crippen molar-refractivity contribution in [2.45, 2.75) is 44.6 Å². The minimum atomic E-state index is -3.18. The van der Waals surface area contributed by atoms with Crippen molar-refractivity contribution in [3.05, 3.63) is 29.8 Å². The van der Waals surface area contributed by atoms with E-state index in [0.29, 0.717) is 10.8 Å². The highest BCUT2D eigenvalue weighted by Crippen LogP contribution is 2.32. The second-order valence-electron chi connectivity index (χ2n) is 5.29. The molecule has 19 heavy (non-hydrogen) atoms. The summed E-state index contributed by atoms with van der Waals surface area (Å²) in [6.45, 7) is 8.06. The van der Waals surface area contributed by atoms with Crippen LogP contribution in [0, 0.1) is 5.92 Å². The summed E-state index contributed by atoms with van der Waals surface area (Å²) in [4.78, 5) is 0.485. The van der Waals surface area contributed by atoms with Gasteiger partial charge in [0.05, 0.1) is 10.6 Å². The van der Waals surface area contributed by atoms with E-state index in [1.54, 1.807) is 19.1 Å². The molecule has 0 amide bonds. The Bertz CT molecular complexity index is 509. The molecule has 0 heterocycles. The largest absolute Gasteiger partial charge is 0.317 e. The van der Waals surface area contributed by atoms with Crippen LogP contribution in [0.3, 0.4) is 0 Å². The lowest BCUT2D eigenvalue weighted by atomic mass is 9.83. The van der Waals surface area contributed by atoms with Crippen molar-refractivity contribution in [2.75, 3.05) is 12.8 Å². The average Bonchev–Trinajstić information content (AvgIpc) is 2.38. The zero-order valence-corrected chi connectivity index (χ0v) is 13.3. The maximum atomic E-state index is 12.2. The summed E-state index contributed by atoms with van der Waals surface area (Å²) in [5, 5.41) is 3.25. The fourth-order valence-electron chi connectivity index (χ4n) is 2.58. The number of benzene rings is 1. The minimum Gasteiger partial charge on any atom is -0.317 e. The molecule has 2 atom stereocenters. The van der Waals surface area contributed by atoms with E-state index in [4.69, 9.17) is 0 Å². The first kappa shape index (κ1) is 16.2. The van der Waals surface area contributed by atoms with Gasteiger partial charge in [-0.15, -0.1) is 0 Å². The van der Waals surface area contributed by atoms with Gasteiger partial charge in [-0.1, -0.05) is 39.0 Å². The normalized spacial score (nSPS) is 15.5. The average molecular weight is 283 g/mol. The first-order chi connectivity index (χ1) is 8.85. The Morgan fingerprint density at radius 3 is 2.21 bits per heavy atom. The first-order valence-electron chi connectivity index (χ1n) is 6.84. The van der Waals surface area contributed by atoms with Crippen molar-refractivity contribution < 1.29 is 8.42 Å². The predicted octanol–water partition coefficient (Wildman–Crippen LogP) is 2.83. The lowest BCUT2D eigenvalue weighted by molar-refractivity contribution is 0.390. The van der Waals surface area contributed by atoms with E-state index in [-0.39, 0.29) is 17.7 Å². The number of nitrogens with one attached hydrogen (secondary N) is 1. The van der Waals surface area contributed by atoms with Gasteiger partial charge in [-0.25, -0.2) is 8.42 Å². The van der Waals surface area contributed by atoms with Crippen LogP contribution in [0.1, 0.15) is 39.2 Å².